The molecule has 3 atom stereocenters. The zero-order valence-electron chi connectivity index (χ0n) is 15.6. The van der Waals surface area contributed by atoms with E-state index in [9.17, 15) is 19.2 Å². The van der Waals surface area contributed by atoms with E-state index in [-0.39, 0.29) is 18.1 Å². The van der Waals surface area contributed by atoms with Crippen LogP contribution in [0.1, 0.15) is 36.9 Å². The fraction of sp³-hybridized carbons (Fsp3) is 0.350. The number of nitrogens with zero attached hydrogens (tertiary/aromatic N) is 2. The Hall–Kier alpha value is -3.13. The first-order valence-corrected chi connectivity index (χ1v) is 8.88. The minimum absolute atomic E-state index is 0.0662. The molecule has 0 spiro atoms. The van der Waals surface area contributed by atoms with Crippen molar-refractivity contribution in [3.63, 3.8) is 0 Å². The third kappa shape index (κ3) is 3.63. The summed E-state index contributed by atoms with van der Waals surface area (Å²) in [5.74, 6) is -0.802. The predicted octanol–water partition coefficient (Wildman–Crippen LogP) is 1.82. The molecule has 8 nitrogen and oxygen atoms in total. The third-order valence-electron chi connectivity index (χ3n) is 5.04. The van der Waals surface area contributed by atoms with Crippen LogP contribution in [-0.2, 0) is 14.3 Å². The highest BCUT2D eigenvalue weighted by molar-refractivity contribution is 6.03. The second-order valence-electron chi connectivity index (χ2n) is 7.24. The SMILES string of the molecule is CC1(C)C(C=O)[C@@H](CC=O)O[C@H]1n1ccc(NC(=O)c2ccccc2)nc1=O. The molecule has 1 N–H and O–H groups in total. The molecule has 1 saturated heterocycles. The van der Waals surface area contributed by atoms with Crippen LogP contribution in [0.4, 0.5) is 5.82 Å². The van der Waals surface area contributed by atoms with Crippen LogP contribution in [0.2, 0.25) is 0 Å². The van der Waals surface area contributed by atoms with Gasteiger partial charge in [-0.3, -0.25) is 9.36 Å². The lowest BCUT2D eigenvalue weighted by atomic mass is 9.77. The van der Waals surface area contributed by atoms with Gasteiger partial charge in [0.1, 0.15) is 24.6 Å². The molecule has 1 aromatic heterocycles. The number of aldehydes is 2. The first kappa shape index (κ1) is 19.6. The van der Waals surface area contributed by atoms with E-state index in [1.165, 1.54) is 16.8 Å². The Morgan fingerprint density at radius 2 is 1.96 bits per heavy atom. The molecular formula is C20H21N3O5. The monoisotopic (exact) mass is 383 g/mol. The topological polar surface area (TPSA) is 107 Å². The number of hydrogen-bond acceptors (Lipinski definition) is 6. The maximum atomic E-state index is 12.6. The van der Waals surface area contributed by atoms with Gasteiger partial charge in [-0.1, -0.05) is 32.0 Å². The van der Waals surface area contributed by atoms with Crippen molar-refractivity contribution in [2.45, 2.75) is 32.6 Å². The van der Waals surface area contributed by atoms with Crippen molar-refractivity contribution in [3.8, 4) is 0 Å². The first-order chi connectivity index (χ1) is 13.4. The van der Waals surface area contributed by atoms with Gasteiger partial charge in [0.15, 0.2) is 0 Å². The normalized spacial score (nSPS) is 23.1. The summed E-state index contributed by atoms with van der Waals surface area (Å²) in [4.78, 5) is 51.1. The fourth-order valence-electron chi connectivity index (χ4n) is 3.49. The average Bonchev–Trinajstić information content (AvgIpc) is 2.92. The van der Waals surface area contributed by atoms with Gasteiger partial charge in [0.05, 0.1) is 12.0 Å². The molecule has 1 aliphatic heterocycles. The Morgan fingerprint density at radius 3 is 2.57 bits per heavy atom. The highest BCUT2D eigenvalue weighted by Crippen LogP contribution is 2.48. The zero-order valence-corrected chi connectivity index (χ0v) is 15.6. The third-order valence-corrected chi connectivity index (χ3v) is 5.04. The summed E-state index contributed by atoms with van der Waals surface area (Å²) < 4.78 is 7.13. The van der Waals surface area contributed by atoms with Gasteiger partial charge in [-0.05, 0) is 18.2 Å². The van der Waals surface area contributed by atoms with E-state index in [1.54, 1.807) is 44.2 Å². The minimum Gasteiger partial charge on any atom is -0.353 e. The van der Waals surface area contributed by atoms with Crippen molar-refractivity contribution in [1.82, 2.24) is 9.55 Å². The lowest BCUT2D eigenvalue weighted by molar-refractivity contribution is -0.115. The van der Waals surface area contributed by atoms with Crippen molar-refractivity contribution in [3.05, 3.63) is 58.6 Å². The van der Waals surface area contributed by atoms with E-state index < -0.39 is 29.4 Å². The van der Waals surface area contributed by atoms with E-state index in [0.717, 1.165) is 6.29 Å². The molecule has 1 amide bonds. The second-order valence-corrected chi connectivity index (χ2v) is 7.24. The summed E-state index contributed by atoms with van der Waals surface area (Å²) in [5, 5.41) is 2.58. The summed E-state index contributed by atoms with van der Waals surface area (Å²) in [6.45, 7) is 3.61. The van der Waals surface area contributed by atoms with Crippen molar-refractivity contribution in [2.24, 2.45) is 11.3 Å². The van der Waals surface area contributed by atoms with Crippen LogP contribution in [0.5, 0.6) is 0 Å². The van der Waals surface area contributed by atoms with E-state index in [4.69, 9.17) is 4.74 Å². The summed E-state index contributed by atoms with van der Waals surface area (Å²) in [6, 6.07) is 10.1. The fourth-order valence-corrected chi connectivity index (χ4v) is 3.49. The maximum absolute atomic E-state index is 12.6. The first-order valence-electron chi connectivity index (χ1n) is 8.88. The molecule has 28 heavy (non-hydrogen) atoms. The number of aromatic nitrogens is 2. The number of ether oxygens (including phenoxy) is 1. The molecule has 0 bridgehead atoms. The Balaban J connectivity index is 1.84. The van der Waals surface area contributed by atoms with Gasteiger partial charge in [0.2, 0.25) is 0 Å². The number of anilines is 1. The van der Waals surface area contributed by atoms with Crippen molar-refractivity contribution >= 4 is 24.3 Å². The number of rotatable bonds is 6. The molecular weight excluding hydrogens is 362 g/mol. The van der Waals surface area contributed by atoms with Crippen molar-refractivity contribution in [2.75, 3.05) is 5.32 Å². The molecule has 146 valence electrons. The highest BCUT2D eigenvalue weighted by atomic mass is 16.5. The Morgan fingerprint density at radius 1 is 1.25 bits per heavy atom. The molecule has 0 radical (unpaired) electrons. The molecule has 2 aromatic rings. The predicted molar refractivity (Wildman–Crippen MR) is 101 cm³/mol. The van der Waals surface area contributed by atoms with Crippen LogP contribution >= 0.6 is 0 Å². The number of nitrogens with one attached hydrogen (secondary N) is 1. The second kappa shape index (κ2) is 7.85. The summed E-state index contributed by atoms with van der Waals surface area (Å²) >= 11 is 0. The van der Waals surface area contributed by atoms with E-state index in [1.807, 2.05) is 0 Å². The number of benzene rings is 1. The maximum Gasteiger partial charge on any atom is 0.351 e. The number of carbonyl (C=O) groups excluding carboxylic acids is 3. The highest BCUT2D eigenvalue weighted by Gasteiger charge is 2.51. The Bertz CT molecular complexity index is 938. The van der Waals surface area contributed by atoms with Gasteiger partial charge >= 0.3 is 5.69 Å². The largest absolute Gasteiger partial charge is 0.353 e. The molecule has 1 aliphatic rings. The number of hydrogen-bond donors (Lipinski definition) is 1. The molecule has 1 fully saturated rings. The molecule has 8 heteroatoms. The van der Waals surface area contributed by atoms with Gasteiger partial charge in [-0.15, -0.1) is 0 Å². The average molecular weight is 383 g/mol. The van der Waals surface area contributed by atoms with Crippen LogP contribution in [0.25, 0.3) is 0 Å². The molecule has 3 rings (SSSR count). The molecule has 1 unspecified atom stereocenters. The van der Waals surface area contributed by atoms with Gasteiger partial charge in [-0.25, -0.2) is 4.79 Å². The van der Waals surface area contributed by atoms with Crippen LogP contribution < -0.4 is 11.0 Å². The van der Waals surface area contributed by atoms with Crippen LogP contribution in [0, 0.1) is 11.3 Å². The standard InChI is InChI=1S/C20H21N3O5/c1-20(2)14(12-25)15(9-11-24)28-18(20)23-10-8-16(22-19(23)27)21-17(26)13-6-4-3-5-7-13/h3-8,10-12,14-15,18H,9H2,1-2H3,(H,21,22,26,27)/t14?,15-,18-/m1/s1. The van der Waals surface area contributed by atoms with Crippen LogP contribution in [0.3, 0.4) is 0 Å². The van der Waals surface area contributed by atoms with Crippen molar-refractivity contribution in [1.29, 1.82) is 0 Å². The van der Waals surface area contributed by atoms with Gasteiger partial charge < -0.3 is 19.6 Å². The van der Waals surface area contributed by atoms with Gasteiger partial charge in [0, 0.05) is 23.6 Å². The van der Waals surface area contributed by atoms with Gasteiger partial charge in [0.25, 0.3) is 5.91 Å². The van der Waals surface area contributed by atoms with E-state index >= 15 is 0 Å². The summed E-state index contributed by atoms with van der Waals surface area (Å²) in [6.07, 6.45) is 1.64. The summed E-state index contributed by atoms with van der Waals surface area (Å²) in [5.41, 5.74) is -0.893. The minimum atomic E-state index is -0.758. The zero-order chi connectivity index (χ0) is 20.3. The van der Waals surface area contributed by atoms with Crippen LogP contribution in [0.15, 0.2) is 47.4 Å². The van der Waals surface area contributed by atoms with E-state index in [2.05, 4.69) is 10.3 Å². The molecule has 1 aromatic carbocycles. The quantitative estimate of drug-likeness (QED) is 0.763. The van der Waals surface area contributed by atoms with Crippen LogP contribution in [-0.4, -0.2) is 34.1 Å². The Kier molecular flexibility index (Phi) is 5.51. The lowest BCUT2D eigenvalue weighted by Crippen LogP contribution is -2.36. The molecule has 2 heterocycles. The molecule has 0 aliphatic carbocycles. The number of amides is 1. The van der Waals surface area contributed by atoms with Gasteiger partial charge in [-0.2, -0.15) is 4.98 Å². The smallest absolute Gasteiger partial charge is 0.351 e. The lowest BCUT2D eigenvalue weighted by Gasteiger charge is -2.29. The molecule has 0 saturated carbocycles. The van der Waals surface area contributed by atoms with E-state index in [0.29, 0.717) is 11.8 Å². The summed E-state index contributed by atoms with van der Waals surface area (Å²) in [7, 11) is 0. The van der Waals surface area contributed by atoms with Crippen molar-refractivity contribution < 1.29 is 19.1 Å². The number of carbonyl (C=O) groups is 3. The Labute approximate surface area is 161 Å².